The van der Waals surface area contributed by atoms with Gasteiger partial charge in [0, 0.05) is 12.6 Å². The number of ether oxygens (including phenoxy) is 1. The first-order valence-corrected chi connectivity index (χ1v) is 8.80. The Balaban J connectivity index is 2.16. The maximum absolute atomic E-state index is 12.3. The zero-order chi connectivity index (χ0) is 15.1. The highest BCUT2D eigenvalue weighted by atomic mass is 127. The van der Waals surface area contributed by atoms with Crippen LogP contribution in [0.2, 0.25) is 0 Å². The van der Waals surface area contributed by atoms with Crippen molar-refractivity contribution in [3.05, 3.63) is 19.4 Å². The smallest absolute Gasteiger partial charge is 0.410 e. The first-order valence-electron chi connectivity index (χ1n) is 6.84. The van der Waals surface area contributed by atoms with Crippen molar-refractivity contribution in [3.63, 3.8) is 0 Å². The van der Waals surface area contributed by atoms with E-state index in [1.54, 1.807) is 16.2 Å². The number of fused-ring (bicyclic) bond motifs is 1. The fourth-order valence-electron chi connectivity index (χ4n) is 2.49. The summed E-state index contributed by atoms with van der Waals surface area (Å²) in [4.78, 5) is 14.1. The van der Waals surface area contributed by atoms with E-state index in [4.69, 9.17) is 4.74 Å². The van der Waals surface area contributed by atoms with Crippen molar-refractivity contribution in [1.82, 2.24) is 4.90 Å². The van der Waals surface area contributed by atoms with Crippen LogP contribution in [0.1, 0.15) is 45.2 Å². The highest BCUT2D eigenvalue weighted by Gasteiger charge is 2.39. The average Bonchev–Trinajstić information content (AvgIpc) is 2.67. The van der Waals surface area contributed by atoms with Gasteiger partial charge in [0.25, 0.3) is 0 Å². The molecule has 1 aliphatic carbocycles. The third-order valence-electron chi connectivity index (χ3n) is 3.90. The van der Waals surface area contributed by atoms with E-state index in [0.29, 0.717) is 0 Å². The molecule has 1 heterocycles. The topological polar surface area (TPSA) is 29.5 Å². The molecular formula is C15H22INO2S. The molecule has 0 saturated carbocycles. The molecule has 1 atom stereocenters. The van der Waals surface area contributed by atoms with Gasteiger partial charge >= 0.3 is 6.09 Å². The number of carbonyl (C=O) groups is 1. The van der Waals surface area contributed by atoms with E-state index in [1.807, 2.05) is 27.8 Å². The summed E-state index contributed by atoms with van der Waals surface area (Å²) in [6.45, 7) is 7.87. The zero-order valence-electron chi connectivity index (χ0n) is 12.7. The normalized spacial score (nSPS) is 22.3. The number of nitrogens with zero attached hydrogens (tertiary/aromatic N) is 1. The molecule has 0 fully saturated rings. The zero-order valence-corrected chi connectivity index (χ0v) is 15.7. The first kappa shape index (κ1) is 16.1. The van der Waals surface area contributed by atoms with Crippen molar-refractivity contribution in [2.24, 2.45) is 0 Å². The Morgan fingerprint density at radius 1 is 1.50 bits per heavy atom. The van der Waals surface area contributed by atoms with Crippen molar-refractivity contribution in [1.29, 1.82) is 0 Å². The van der Waals surface area contributed by atoms with Gasteiger partial charge in [-0.3, -0.25) is 0 Å². The summed E-state index contributed by atoms with van der Waals surface area (Å²) in [5.74, 6) is 0. The number of hydrogen-bond donors (Lipinski definition) is 0. The molecule has 0 spiro atoms. The van der Waals surface area contributed by atoms with Gasteiger partial charge in [-0.15, -0.1) is 11.3 Å². The molecule has 3 nitrogen and oxygen atoms in total. The largest absolute Gasteiger partial charge is 0.444 e. The van der Waals surface area contributed by atoms with Crippen LogP contribution in [0.5, 0.6) is 0 Å². The van der Waals surface area contributed by atoms with Gasteiger partial charge in [-0.1, -0.05) is 0 Å². The highest BCUT2D eigenvalue weighted by molar-refractivity contribution is 14.1. The minimum atomic E-state index is -0.446. The standard InChI is InChI=1S/C15H22INO2S/c1-14(2,3)19-13(18)17(5)15(4)7-6-10-9-20-12(16)11(10)8-15/h9H,6-8H2,1-5H3. The Morgan fingerprint density at radius 2 is 2.15 bits per heavy atom. The van der Waals surface area contributed by atoms with Gasteiger partial charge < -0.3 is 9.64 Å². The minimum absolute atomic E-state index is 0.156. The van der Waals surface area contributed by atoms with Crippen LogP contribution >= 0.6 is 33.9 Å². The average molecular weight is 407 g/mol. The number of likely N-dealkylation sites (N-methyl/N-ethyl adjacent to an activating group) is 1. The second-order valence-electron chi connectivity index (χ2n) is 6.73. The van der Waals surface area contributed by atoms with Crippen LogP contribution in [0.3, 0.4) is 0 Å². The maximum atomic E-state index is 12.3. The molecule has 0 saturated heterocycles. The third-order valence-corrected chi connectivity index (χ3v) is 6.17. The Hall–Kier alpha value is -0.300. The molecule has 1 aromatic heterocycles. The van der Waals surface area contributed by atoms with E-state index in [9.17, 15) is 4.79 Å². The van der Waals surface area contributed by atoms with Crippen LogP contribution in [0.15, 0.2) is 5.38 Å². The van der Waals surface area contributed by atoms with Gasteiger partial charge in [0.05, 0.1) is 2.88 Å². The van der Waals surface area contributed by atoms with Gasteiger partial charge in [-0.2, -0.15) is 0 Å². The number of aryl methyl sites for hydroxylation is 1. The molecular weight excluding hydrogens is 385 g/mol. The van der Waals surface area contributed by atoms with Gasteiger partial charge in [-0.25, -0.2) is 4.79 Å². The molecule has 1 amide bonds. The summed E-state index contributed by atoms with van der Waals surface area (Å²) in [7, 11) is 1.86. The molecule has 2 rings (SSSR count). The Labute approximate surface area is 138 Å². The molecule has 5 heteroatoms. The molecule has 20 heavy (non-hydrogen) atoms. The maximum Gasteiger partial charge on any atom is 0.410 e. The van der Waals surface area contributed by atoms with E-state index >= 15 is 0 Å². The van der Waals surface area contributed by atoms with Crippen LogP contribution in [0, 0.1) is 2.88 Å². The summed E-state index contributed by atoms with van der Waals surface area (Å²) in [5.41, 5.74) is 2.27. The lowest BCUT2D eigenvalue weighted by atomic mass is 9.80. The van der Waals surface area contributed by atoms with Crippen LogP contribution in [-0.2, 0) is 17.6 Å². The van der Waals surface area contributed by atoms with Crippen LogP contribution in [0.25, 0.3) is 0 Å². The van der Waals surface area contributed by atoms with Crippen LogP contribution in [-0.4, -0.2) is 29.2 Å². The number of amides is 1. The molecule has 0 N–H and O–H groups in total. The van der Waals surface area contributed by atoms with Crippen molar-refractivity contribution >= 4 is 40.0 Å². The summed E-state index contributed by atoms with van der Waals surface area (Å²) in [6, 6.07) is 0. The van der Waals surface area contributed by atoms with E-state index in [0.717, 1.165) is 19.3 Å². The van der Waals surface area contributed by atoms with Gasteiger partial charge in [0.15, 0.2) is 0 Å². The van der Waals surface area contributed by atoms with E-state index in [2.05, 4.69) is 34.9 Å². The molecule has 1 aliphatic rings. The van der Waals surface area contributed by atoms with Crippen LogP contribution in [0.4, 0.5) is 4.79 Å². The predicted molar refractivity (Wildman–Crippen MR) is 91.5 cm³/mol. The molecule has 0 aliphatic heterocycles. The van der Waals surface area contributed by atoms with Crippen molar-refractivity contribution in [2.45, 2.75) is 58.1 Å². The van der Waals surface area contributed by atoms with Gasteiger partial charge in [0.1, 0.15) is 5.60 Å². The number of halogens is 1. The summed E-state index contributed by atoms with van der Waals surface area (Å²) in [6.07, 6.45) is 2.72. The van der Waals surface area contributed by atoms with Crippen molar-refractivity contribution in [2.75, 3.05) is 7.05 Å². The minimum Gasteiger partial charge on any atom is -0.444 e. The Kier molecular flexibility index (Phi) is 4.40. The lowest BCUT2D eigenvalue weighted by Gasteiger charge is -2.42. The highest BCUT2D eigenvalue weighted by Crippen LogP contribution is 2.38. The van der Waals surface area contributed by atoms with E-state index in [1.165, 1.54) is 14.0 Å². The molecule has 0 bridgehead atoms. The Morgan fingerprint density at radius 3 is 2.75 bits per heavy atom. The molecule has 112 valence electrons. The second kappa shape index (κ2) is 5.48. The van der Waals surface area contributed by atoms with Crippen molar-refractivity contribution < 1.29 is 9.53 Å². The second-order valence-corrected chi connectivity index (χ2v) is 9.42. The van der Waals surface area contributed by atoms with Gasteiger partial charge in [-0.05, 0) is 86.1 Å². The quantitative estimate of drug-likeness (QED) is 0.643. The molecule has 1 unspecified atom stereocenters. The fourth-order valence-corrected chi connectivity index (χ4v) is 4.26. The lowest BCUT2D eigenvalue weighted by molar-refractivity contribution is 0.00552. The number of rotatable bonds is 1. The fraction of sp³-hybridized carbons (Fsp3) is 0.667. The van der Waals surface area contributed by atoms with Crippen LogP contribution < -0.4 is 0 Å². The van der Waals surface area contributed by atoms with E-state index < -0.39 is 5.60 Å². The van der Waals surface area contributed by atoms with E-state index in [-0.39, 0.29) is 11.6 Å². The monoisotopic (exact) mass is 407 g/mol. The third kappa shape index (κ3) is 3.30. The summed E-state index contributed by atoms with van der Waals surface area (Å²) >= 11 is 4.20. The first-order chi connectivity index (χ1) is 9.12. The number of thiophene rings is 1. The number of carbonyl (C=O) groups excluding carboxylic acids is 1. The predicted octanol–water partition coefficient (Wildman–Crippen LogP) is 4.47. The summed E-state index contributed by atoms with van der Waals surface area (Å²) < 4.78 is 6.85. The lowest BCUT2D eigenvalue weighted by Crippen LogP contribution is -2.52. The Bertz CT molecular complexity index is 520. The SMILES string of the molecule is CN(C(=O)OC(C)(C)C)C1(C)CCc2csc(I)c2C1. The number of hydrogen-bond acceptors (Lipinski definition) is 3. The summed E-state index contributed by atoms with van der Waals surface area (Å²) in [5, 5.41) is 2.25. The van der Waals surface area contributed by atoms with Crippen molar-refractivity contribution in [3.8, 4) is 0 Å². The molecule has 0 aromatic carbocycles. The molecule has 0 radical (unpaired) electrons. The molecule has 1 aromatic rings. The van der Waals surface area contributed by atoms with Gasteiger partial charge in [0.2, 0.25) is 0 Å².